The predicted molar refractivity (Wildman–Crippen MR) is 124 cm³/mol. The summed E-state index contributed by atoms with van der Waals surface area (Å²) in [6.45, 7) is 5.49. The highest BCUT2D eigenvalue weighted by molar-refractivity contribution is 6.10. The Balaban J connectivity index is 1.26. The fraction of sp³-hybridized carbons (Fsp3) is 0.520. The number of piperazine rings is 1. The van der Waals surface area contributed by atoms with Crippen molar-refractivity contribution in [3.05, 3.63) is 36.4 Å². The summed E-state index contributed by atoms with van der Waals surface area (Å²) in [7, 11) is 0. The quantitative estimate of drug-likeness (QED) is 0.637. The minimum Gasteiger partial charge on any atom is -0.365 e. The summed E-state index contributed by atoms with van der Waals surface area (Å²) >= 11 is 0. The topological polar surface area (TPSA) is 98.4 Å². The van der Waals surface area contributed by atoms with Gasteiger partial charge in [-0.15, -0.1) is 0 Å². The number of rotatable bonds is 6. The lowest BCUT2D eigenvalue weighted by atomic mass is 9.81. The number of anilines is 1. The van der Waals surface area contributed by atoms with E-state index in [9.17, 15) is 18.8 Å². The van der Waals surface area contributed by atoms with Gasteiger partial charge in [-0.3, -0.25) is 19.5 Å². The monoisotopic (exact) mass is 467 g/mol. The van der Waals surface area contributed by atoms with Crippen LogP contribution in [0, 0.1) is 17.7 Å². The Bertz CT molecular complexity index is 1120. The first-order valence-electron chi connectivity index (χ1n) is 12.0. The molecule has 1 saturated carbocycles. The number of H-pyrrole nitrogens is 1. The lowest BCUT2D eigenvalue weighted by Crippen LogP contribution is -2.56. The third-order valence-electron chi connectivity index (χ3n) is 7.49. The molecule has 2 aliphatic heterocycles. The van der Waals surface area contributed by atoms with Crippen molar-refractivity contribution in [3.63, 3.8) is 0 Å². The van der Waals surface area contributed by atoms with E-state index in [-0.39, 0.29) is 47.7 Å². The molecule has 0 bridgehead atoms. The van der Waals surface area contributed by atoms with Crippen molar-refractivity contribution >= 4 is 23.3 Å². The summed E-state index contributed by atoms with van der Waals surface area (Å²) < 4.78 is 14.4. The van der Waals surface area contributed by atoms with Crippen molar-refractivity contribution in [3.8, 4) is 11.1 Å². The van der Waals surface area contributed by atoms with Gasteiger partial charge in [-0.25, -0.2) is 4.39 Å². The van der Waals surface area contributed by atoms with Crippen molar-refractivity contribution in [2.45, 2.75) is 51.1 Å². The van der Waals surface area contributed by atoms with Crippen molar-refractivity contribution in [2.75, 3.05) is 24.5 Å². The lowest BCUT2D eigenvalue weighted by molar-refractivity contribution is -0.137. The number of halogens is 1. The Morgan fingerprint density at radius 1 is 1.24 bits per heavy atom. The summed E-state index contributed by atoms with van der Waals surface area (Å²) in [6, 6.07) is 4.94. The van der Waals surface area contributed by atoms with Crippen LogP contribution in [0.25, 0.3) is 11.1 Å². The molecule has 2 aromatic rings. The van der Waals surface area contributed by atoms with Gasteiger partial charge in [0.1, 0.15) is 11.4 Å². The highest BCUT2D eigenvalue weighted by Crippen LogP contribution is 2.46. The molecule has 2 saturated heterocycles. The smallest absolute Gasteiger partial charge is 0.228 e. The molecule has 1 aromatic carbocycles. The van der Waals surface area contributed by atoms with Gasteiger partial charge in [0.2, 0.25) is 11.8 Å². The molecule has 1 aromatic heterocycles. The Morgan fingerprint density at radius 3 is 2.65 bits per heavy atom. The highest BCUT2D eigenvalue weighted by atomic mass is 19.1. The number of Topliss-reactive ketones (excluding diaryl/α,β-unsaturated/α-hetero) is 1. The second-order valence-electron chi connectivity index (χ2n) is 10.0. The van der Waals surface area contributed by atoms with E-state index in [4.69, 9.17) is 0 Å². The van der Waals surface area contributed by atoms with Gasteiger partial charge >= 0.3 is 0 Å². The van der Waals surface area contributed by atoms with E-state index in [0.29, 0.717) is 26.1 Å². The van der Waals surface area contributed by atoms with Gasteiger partial charge in [0.25, 0.3) is 0 Å². The molecule has 1 aliphatic carbocycles. The maximum Gasteiger partial charge on any atom is 0.228 e. The second kappa shape index (κ2) is 8.52. The van der Waals surface area contributed by atoms with Crippen LogP contribution in [0.2, 0.25) is 0 Å². The molecule has 2 N–H and O–H groups in total. The molecule has 9 heteroatoms. The van der Waals surface area contributed by atoms with Gasteiger partial charge < -0.3 is 15.1 Å². The molecule has 0 radical (unpaired) electrons. The molecule has 8 nitrogen and oxygen atoms in total. The van der Waals surface area contributed by atoms with E-state index in [1.54, 1.807) is 12.4 Å². The molecule has 3 fully saturated rings. The Hall–Kier alpha value is -3.23. The average molecular weight is 468 g/mol. The van der Waals surface area contributed by atoms with Crippen molar-refractivity contribution in [1.29, 1.82) is 0 Å². The number of carbonyl (C=O) groups is 3. The first-order valence-corrected chi connectivity index (χ1v) is 12.0. The standard InChI is InChI=1S/C25H30FN5O3/c1-15(11-25(19-3-4-19)22(32)10-23(33)29-25)24(34)30-5-6-31(16(2)14-30)21-8-17(7-20(26)9-21)18-12-27-28-13-18/h7-9,12-13,15-16,19H,3-6,10-11,14H2,1-2H3,(H,27,28)(H,29,33)/t15-,16-,25-/m0/s1. The van der Waals surface area contributed by atoms with Crippen LogP contribution in [0.15, 0.2) is 30.6 Å². The van der Waals surface area contributed by atoms with Crippen LogP contribution in [0.4, 0.5) is 10.1 Å². The van der Waals surface area contributed by atoms with E-state index in [1.807, 2.05) is 24.8 Å². The number of ketones is 1. The molecule has 34 heavy (non-hydrogen) atoms. The van der Waals surface area contributed by atoms with Crippen LogP contribution >= 0.6 is 0 Å². The van der Waals surface area contributed by atoms with Gasteiger partial charge in [-0.1, -0.05) is 6.92 Å². The Morgan fingerprint density at radius 2 is 2.03 bits per heavy atom. The summed E-state index contributed by atoms with van der Waals surface area (Å²) in [5, 5.41) is 9.62. The number of benzene rings is 1. The van der Waals surface area contributed by atoms with Crippen LogP contribution in [0.3, 0.4) is 0 Å². The van der Waals surface area contributed by atoms with Crippen LogP contribution in [0.1, 0.15) is 39.5 Å². The summed E-state index contributed by atoms with van der Waals surface area (Å²) in [4.78, 5) is 41.9. The first kappa shape index (κ1) is 22.6. The van der Waals surface area contributed by atoms with Gasteiger partial charge in [0.15, 0.2) is 5.78 Å². The SMILES string of the molecule is C[C@@H](C[C@@]1(C2CC2)NC(=O)CC1=O)C(=O)N1CCN(c2cc(F)cc(-c3cn[nH]c3)c2)[C@@H](C)C1. The number of nitrogens with zero attached hydrogens (tertiary/aromatic N) is 3. The molecular formula is C25H30FN5O3. The normalized spacial score (nSPS) is 26.0. The number of aromatic amines is 1. The molecule has 180 valence electrons. The first-order chi connectivity index (χ1) is 16.3. The fourth-order valence-corrected chi connectivity index (χ4v) is 5.64. The zero-order valence-electron chi connectivity index (χ0n) is 19.5. The third kappa shape index (κ3) is 4.08. The minimum absolute atomic E-state index is 0.00111. The van der Waals surface area contributed by atoms with Crippen LogP contribution < -0.4 is 10.2 Å². The van der Waals surface area contributed by atoms with Crippen molar-refractivity contribution in [1.82, 2.24) is 20.4 Å². The number of nitrogens with one attached hydrogen (secondary N) is 2. The van der Waals surface area contributed by atoms with Gasteiger partial charge in [0.05, 0.1) is 12.6 Å². The number of amides is 2. The maximum absolute atomic E-state index is 14.4. The van der Waals surface area contributed by atoms with Crippen LogP contribution in [-0.4, -0.2) is 63.9 Å². The van der Waals surface area contributed by atoms with E-state index in [1.165, 1.54) is 12.1 Å². The summed E-state index contributed by atoms with van der Waals surface area (Å²) in [5.74, 6) is -0.847. The zero-order valence-corrected chi connectivity index (χ0v) is 19.5. The highest BCUT2D eigenvalue weighted by Gasteiger charge is 2.56. The molecule has 2 amide bonds. The Labute approximate surface area is 197 Å². The molecule has 5 rings (SSSR count). The van der Waals surface area contributed by atoms with E-state index >= 15 is 0 Å². The maximum atomic E-state index is 14.4. The molecular weight excluding hydrogens is 437 g/mol. The van der Waals surface area contributed by atoms with Gasteiger partial charge in [-0.05, 0) is 55.9 Å². The Kier molecular flexibility index (Phi) is 5.65. The fourth-order valence-electron chi connectivity index (χ4n) is 5.64. The number of hydrogen-bond donors (Lipinski definition) is 2. The van der Waals surface area contributed by atoms with E-state index in [0.717, 1.165) is 29.7 Å². The molecule has 0 spiro atoms. The van der Waals surface area contributed by atoms with Crippen LogP contribution in [0.5, 0.6) is 0 Å². The molecule has 3 heterocycles. The minimum atomic E-state index is -0.870. The van der Waals surface area contributed by atoms with Crippen molar-refractivity contribution in [2.24, 2.45) is 11.8 Å². The van der Waals surface area contributed by atoms with E-state index in [2.05, 4.69) is 20.4 Å². The molecule has 3 atom stereocenters. The molecule has 3 aliphatic rings. The summed E-state index contributed by atoms with van der Waals surface area (Å²) in [6.07, 6.45) is 5.49. The average Bonchev–Trinajstić information content (AvgIpc) is 3.43. The predicted octanol–water partition coefficient (Wildman–Crippen LogP) is 2.52. The number of aromatic nitrogens is 2. The number of carbonyl (C=O) groups excluding carboxylic acids is 3. The summed E-state index contributed by atoms with van der Waals surface area (Å²) in [5.41, 5.74) is 1.46. The third-order valence-corrected chi connectivity index (χ3v) is 7.49. The van der Waals surface area contributed by atoms with E-state index < -0.39 is 5.54 Å². The second-order valence-corrected chi connectivity index (χ2v) is 10.0. The largest absolute Gasteiger partial charge is 0.365 e. The lowest BCUT2D eigenvalue weighted by Gasteiger charge is -2.42. The zero-order chi connectivity index (χ0) is 24.0. The van der Waals surface area contributed by atoms with Gasteiger partial charge in [0, 0.05) is 49.0 Å². The number of hydrogen-bond acceptors (Lipinski definition) is 5. The van der Waals surface area contributed by atoms with Crippen LogP contribution in [-0.2, 0) is 14.4 Å². The molecule has 0 unspecified atom stereocenters. The van der Waals surface area contributed by atoms with Crippen molar-refractivity contribution < 1.29 is 18.8 Å². The van der Waals surface area contributed by atoms with Gasteiger partial charge in [-0.2, -0.15) is 5.10 Å².